The minimum Gasteiger partial charge on any atom is -0.486 e. The highest BCUT2D eigenvalue weighted by Gasteiger charge is 2.22. The van der Waals surface area contributed by atoms with Crippen LogP contribution in [0.15, 0.2) is 41.3 Å². The van der Waals surface area contributed by atoms with Crippen molar-refractivity contribution in [3.8, 4) is 11.5 Å². The van der Waals surface area contributed by atoms with Crippen molar-refractivity contribution < 1.29 is 22.7 Å². The van der Waals surface area contributed by atoms with Crippen LogP contribution in [0.5, 0.6) is 11.5 Å². The van der Waals surface area contributed by atoms with E-state index in [0.29, 0.717) is 44.2 Å². The molecule has 0 spiro atoms. The summed E-state index contributed by atoms with van der Waals surface area (Å²) in [4.78, 5) is 12.7. The lowest BCUT2D eigenvalue weighted by Gasteiger charge is -2.19. The van der Waals surface area contributed by atoms with Crippen LogP contribution in [0.1, 0.15) is 31.4 Å². The molecule has 0 bridgehead atoms. The minimum atomic E-state index is -3.58. The van der Waals surface area contributed by atoms with Crippen molar-refractivity contribution in [1.29, 1.82) is 0 Å². The van der Waals surface area contributed by atoms with Crippen molar-refractivity contribution in [3.05, 3.63) is 47.5 Å². The Morgan fingerprint density at radius 3 is 2.43 bits per heavy atom. The van der Waals surface area contributed by atoms with Crippen LogP contribution < -0.4 is 14.8 Å². The van der Waals surface area contributed by atoms with E-state index >= 15 is 0 Å². The van der Waals surface area contributed by atoms with E-state index in [4.69, 9.17) is 9.47 Å². The van der Waals surface area contributed by atoms with Crippen LogP contribution in [-0.2, 0) is 21.2 Å². The number of hydrogen-bond acceptors (Lipinski definition) is 5. The van der Waals surface area contributed by atoms with Crippen LogP contribution in [0.4, 0.5) is 5.69 Å². The molecule has 0 radical (unpaired) electrons. The number of hydrogen-bond donors (Lipinski definition) is 1. The molecule has 3 rings (SSSR count). The highest BCUT2D eigenvalue weighted by Crippen LogP contribution is 2.31. The first kappa shape index (κ1) is 22.1. The van der Waals surface area contributed by atoms with Gasteiger partial charge in [-0.3, -0.25) is 4.79 Å². The number of ether oxygens (including phenoxy) is 2. The molecule has 7 nitrogen and oxygen atoms in total. The quantitative estimate of drug-likeness (QED) is 0.691. The normalized spacial score (nSPS) is 13.3. The summed E-state index contributed by atoms with van der Waals surface area (Å²) in [5.41, 5.74) is 2.29. The first-order valence-corrected chi connectivity index (χ1v) is 11.6. The number of carbonyl (C=O) groups excluding carboxylic acids is 1. The van der Waals surface area contributed by atoms with E-state index in [9.17, 15) is 13.2 Å². The predicted octanol–water partition coefficient (Wildman–Crippen LogP) is 3.37. The Labute approximate surface area is 178 Å². The summed E-state index contributed by atoms with van der Waals surface area (Å²) in [7, 11) is -3.58. The van der Waals surface area contributed by atoms with Crippen LogP contribution in [0.2, 0.25) is 0 Å². The summed E-state index contributed by atoms with van der Waals surface area (Å²) < 4.78 is 38.0. The van der Waals surface area contributed by atoms with Crippen LogP contribution in [0.25, 0.3) is 0 Å². The lowest BCUT2D eigenvalue weighted by molar-refractivity contribution is -0.116. The van der Waals surface area contributed by atoms with Gasteiger partial charge in [-0.05, 0) is 48.7 Å². The van der Waals surface area contributed by atoms with Gasteiger partial charge in [0.05, 0.1) is 4.90 Å². The van der Waals surface area contributed by atoms with Crippen molar-refractivity contribution in [2.24, 2.45) is 0 Å². The molecule has 2 aromatic rings. The Hall–Kier alpha value is -2.58. The van der Waals surface area contributed by atoms with Crippen molar-refractivity contribution in [2.45, 2.75) is 38.5 Å². The Morgan fingerprint density at radius 2 is 1.73 bits per heavy atom. The van der Waals surface area contributed by atoms with Crippen molar-refractivity contribution in [2.75, 3.05) is 31.6 Å². The molecule has 0 unspecified atom stereocenters. The highest BCUT2D eigenvalue weighted by molar-refractivity contribution is 7.89. The van der Waals surface area contributed by atoms with Crippen LogP contribution in [-0.4, -0.2) is 44.9 Å². The number of nitrogens with one attached hydrogen (secondary N) is 1. The van der Waals surface area contributed by atoms with Crippen molar-refractivity contribution in [3.63, 3.8) is 0 Å². The van der Waals surface area contributed by atoms with Crippen molar-refractivity contribution >= 4 is 21.6 Å². The van der Waals surface area contributed by atoms with Crippen LogP contribution >= 0.6 is 0 Å². The molecule has 8 heteroatoms. The summed E-state index contributed by atoms with van der Waals surface area (Å²) in [6.07, 6.45) is 0.811. The van der Waals surface area contributed by atoms with Gasteiger partial charge in [-0.25, -0.2) is 8.42 Å². The molecule has 1 aliphatic heterocycles. The van der Waals surface area contributed by atoms with Gasteiger partial charge in [-0.15, -0.1) is 0 Å². The zero-order valence-corrected chi connectivity index (χ0v) is 18.4. The molecule has 0 fully saturated rings. The maximum absolute atomic E-state index is 12.8. The van der Waals surface area contributed by atoms with E-state index in [1.54, 1.807) is 26.0 Å². The lowest BCUT2D eigenvalue weighted by Crippen LogP contribution is -2.30. The van der Waals surface area contributed by atoms with Gasteiger partial charge in [-0.1, -0.05) is 26.0 Å². The molecule has 0 aliphatic carbocycles. The fourth-order valence-electron chi connectivity index (χ4n) is 3.32. The highest BCUT2D eigenvalue weighted by atomic mass is 32.2. The van der Waals surface area contributed by atoms with E-state index < -0.39 is 10.0 Å². The van der Waals surface area contributed by atoms with Crippen LogP contribution in [0.3, 0.4) is 0 Å². The second-order valence-corrected chi connectivity index (χ2v) is 9.03. The average Bonchev–Trinajstić information content (AvgIpc) is 2.74. The molecule has 1 amide bonds. The number of amides is 1. The van der Waals surface area contributed by atoms with Gasteiger partial charge >= 0.3 is 0 Å². The van der Waals surface area contributed by atoms with Gasteiger partial charge < -0.3 is 14.8 Å². The number of aryl methyl sites for hydroxylation is 2. The Morgan fingerprint density at radius 1 is 1.03 bits per heavy atom. The zero-order valence-electron chi connectivity index (χ0n) is 17.6. The summed E-state index contributed by atoms with van der Waals surface area (Å²) in [5, 5.41) is 2.85. The molecule has 2 aromatic carbocycles. The number of anilines is 1. The maximum Gasteiger partial charge on any atom is 0.243 e. The second-order valence-electron chi connectivity index (χ2n) is 7.09. The lowest BCUT2D eigenvalue weighted by atomic mass is 10.1. The number of carbonyl (C=O) groups is 1. The van der Waals surface area contributed by atoms with Gasteiger partial charge in [0.2, 0.25) is 15.9 Å². The van der Waals surface area contributed by atoms with Gasteiger partial charge in [0.15, 0.2) is 11.5 Å². The zero-order chi connectivity index (χ0) is 21.7. The maximum atomic E-state index is 12.8. The third-order valence-electron chi connectivity index (χ3n) is 5.07. The van der Waals surface area contributed by atoms with Crippen LogP contribution in [0, 0.1) is 6.92 Å². The minimum absolute atomic E-state index is 0.176. The fraction of sp³-hybridized carbons (Fsp3) is 0.409. The summed E-state index contributed by atoms with van der Waals surface area (Å²) in [6, 6.07) is 10.5. The second kappa shape index (κ2) is 9.49. The smallest absolute Gasteiger partial charge is 0.243 e. The monoisotopic (exact) mass is 432 g/mol. The SMILES string of the molecule is CCN(CC)S(=O)(=O)c1ccc(C)c(NC(=O)CCc2ccc3c(c2)OCCO3)c1. The Balaban J connectivity index is 1.68. The molecule has 1 N–H and O–H groups in total. The molecule has 0 saturated carbocycles. The third-order valence-corrected chi connectivity index (χ3v) is 7.12. The van der Waals surface area contributed by atoms with E-state index in [1.807, 2.05) is 25.1 Å². The molecule has 1 heterocycles. The molecule has 30 heavy (non-hydrogen) atoms. The van der Waals surface area contributed by atoms with Gasteiger partial charge in [0, 0.05) is 25.2 Å². The number of rotatable bonds is 8. The Bertz CT molecular complexity index is 1020. The molecular formula is C22H28N2O5S. The molecule has 0 saturated heterocycles. The fourth-order valence-corrected chi connectivity index (χ4v) is 4.81. The topological polar surface area (TPSA) is 84.9 Å². The van der Waals surface area contributed by atoms with Gasteiger partial charge in [0.1, 0.15) is 13.2 Å². The molecular weight excluding hydrogens is 404 g/mol. The van der Waals surface area contributed by atoms with E-state index in [1.165, 1.54) is 10.4 Å². The molecule has 162 valence electrons. The number of nitrogens with zero attached hydrogens (tertiary/aromatic N) is 1. The van der Waals surface area contributed by atoms with E-state index in [2.05, 4.69) is 5.32 Å². The first-order chi connectivity index (χ1) is 14.3. The van der Waals surface area contributed by atoms with Gasteiger partial charge in [0.25, 0.3) is 0 Å². The third kappa shape index (κ3) is 4.94. The van der Waals surface area contributed by atoms with E-state index in [0.717, 1.165) is 16.9 Å². The largest absolute Gasteiger partial charge is 0.486 e. The number of fused-ring (bicyclic) bond motifs is 1. The molecule has 0 aromatic heterocycles. The predicted molar refractivity (Wildman–Crippen MR) is 116 cm³/mol. The number of sulfonamides is 1. The summed E-state index contributed by atoms with van der Waals surface area (Å²) >= 11 is 0. The van der Waals surface area contributed by atoms with Gasteiger partial charge in [-0.2, -0.15) is 4.31 Å². The summed E-state index contributed by atoms with van der Waals surface area (Å²) in [5.74, 6) is 1.24. The number of benzene rings is 2. The molecule has 1 aliphatic rings. The molecule has 0 atom stereocenters. The Kier molecular flexibility index (Phi) is 6.99. The van der Waals surface area contributed by atoms with E-state index in [-0.39, 0.29) is 17.2 Å². The average molecular weight is 433 g/mol. The standard InChI is InChI=1S/C22H28N2O5S/c1-4-24(5-2)30(26,27)18-9-6-16(3)19(15-18)23-22(25)11-8-17-7-10-20-21(14-17)29-13-12-28-20/h6-7,9-10,14-15H,4-5,8,11-13H2,1-3H3,(H,23,25). The first-order valence-electron chi connectivity index (χ1n) is 10.1. The summed E-state index contributed by atoms with van der Waals surface area (Å²) in [6.45, 7) is 7.28. The van der Waals surface area contributed by atoms with Crippen molar-refractivity contribution in [1.82, 2.24) is 4.31 Å².